The van der Waals surface area contributed by atoms with E-state index in [9.17, 15) is 9.90 Å². The number of aliphatic hydroxyl groups is 2. The molecule has 2 rings (SSSR count). The molecule has 4 nitrogen and oxygen atoms in total. The Balaban J connectivity index is 2.01. The SMILES string of the molecule is C[C@@H]1CCc2sc(C(=O)NC[C@](C)(O)CO)cc2C1. The molecule has 0 saturated carbocycles. The molecule has 0 aromatic carbocycles. The Hall–Kier alpha value is -0.910. The first-order chi connectivity index (χ1) is 8.91. The molecule has 1 aromatic heterocycles. The number of hydrogen-bond donors (Lipinski definition) is 3. The lowest BCUT2D eigenvalue weighted by molar-refractivity contribution is 0.00323. The number of thiophene rings is 1. The van der Waals surface area contributed by atoms with Gasteiger partial charge in [-0.25, -0.2) is 0 Å². The van der Waals surface area contributed by atoms with Gasteiger partial charge in [0.1, 0.15) is 5.60 Å². The van der Waals surface area contributed by atoms with Crippen LogP contribution in [0.4, 0.5) is 0 Å². The van der Waals surface area contributed by atoms with Crippen molar-refractivity contribution in [1.82, 2.24) is 5.32 Å². The molecule has 0 unspecified atom stereocenters. The monoisotopic (exact) mass is 283 g/mol. The van der Waals surface area contributed by atoms with Gasteiger partial charge in [0.2, 0.25) is 0 Å². The molecule has 2 atom stereocenters. The molecule has 3 N–H and O–H groups in total. The van der Waals surface area contributed by atoms with Crippen LogP contribution in [0.5, 0.6) is 0 Å². The summed E-state index contributed by atoms with van der Waals surface area (Å²) in [6, 6.07) is 1.97. The molecule has 1 aliphatic rings. The molecule has 1 heterocycles. The first-order valence-corrected chi connectivity index (χ1v) is 7.46. The number of amides is 1. The Morgan fingerprint density at radius 3 is 3.05 bits per heavy atom. The van der Waals surface area contributed by atoms with E-state index in [0.29, 0.717) is 10.8 Å². The minimum Gasteiger partial charge on any atom is -0.393 e. The molecule has 106 valence electrons. The summed E-state index contributed by atoms with van der Waals surface area (Å²) in [5.74, 6) is 0.522. The van der Waals surface area contributed by atoms with Crippen LogP contribution >= 0.6 is 11.3 Å². The van der Waals surface area contributed by atoms with Crippen LogP contribution in [0, 0.1) is 5.92 Å². The first kappa shape index (κ1) is 14.5. The van der Waals surface area contributed by atoms with E-state index in [4.69, 9.17) is 5.11 Å². The Bertz CT molecular complexity index is 467. The third-order valence-corrected chi connectivity index (χ3v) is 4.76. The highest BCUT2D eigenvalue weighted by Gasteiger charge is 2.23. The number of rotatable bonds is 4. The van der Waals surface area contributed by atoms with Crippen molar-refractivity contribution in [2.45, 2.75) is 38.7 Å². The summed E-state index contributed by atoms with van der Waals surface area (Å²) < 4.78 is 0. The van der Waals surface area contributed by atoms with Crippen molar-refractivity contribution >= 4 is 17.2 Å². The number of fused-ring (bicyclic) bond motifs is 1. The van der Waals surface area contributed by atoms with E-state index >= 15 is 0 Å². The van der Waals surface area contributed by atoms with Gasteiger partial charge >= 0.3 is 0 Å². The van der Waals surface area contributed by atoms with Gasteiger partial charge < -0.3 is 15.5 Å². The Kier molecular flexibility index (Phi) is 4.28. The average molecular weight is 283 g/mol. The topological polar surface area (TPSA) is 69.6 Å². The number of nitrogens with one attached hydrogen (secondary N) is 1. The Morgan fingerprint density at radius 1 is 1.63 bits per heavy atom. The van der Waals surface area contributed by atoms with Gasteiger partial charge in [0.25, 0.3) is 5.91 Å². The summed E-state index contributed by atoms with van der Waals surface area (Å²) in [6.45, 7) is 3.42. The summed E-state index contributed by atoms with van der Waals surface area (Å²) in [4.78, 5) is 14.0. The second kappa shape index (κ2) is 5.61. The van der Waals surface area contributed by atoms with Crippen molar-refractivity contribution in [2.24, 2.45) is 5.92 Å². The van der Waals surface area contributed by atoms with E-state index in [1.54, 1.807) is 11.3 Å². The number of aryl methyl sites for hydroxylation is 1. The normalized spacial score (nSPS) is 21.6. The van der Waals surface area contributed by atoms with E-state index in [2.05, 4.69) is 12.2 Å². The molecule has 1 amide bonds. The summed E-state index contributed by atoms with van der Waals surface area (Å²) >= 11 is 1.55. The first-order valence-electron chi connectivity index (χ1n) is 6.64. The van der Waals surface area contributed by atoms with Crippen molar-refractivity contribution in [3.63, 3.8) is 0 Å². The molecule has 0 bridgehead atoms. The second-order valence-corrected chi connectivity index (χ2v) is 6.88. The van der Waals surface area contributed by atoms with E-state index < -0.39 is 5.60 Å². The molecular weight excluding hydrogens is 262 g/mol. The van der Waals surface area contributed by atoms with Gasteiger partial charge in [-0.05, 0) is 43.7 Å². The fraction of sp³-hybridized carbons (Fsp3) is 0.643. The van der Waals surface area contributed by atoms with Gasteiger partial charge in [-0.3, -0.25) is 4.79 Å². The zero-order valence-corrected chi connectivity index (χ0v) is 12.2. The van der Waals surface area contributed by atoms with Gasteiger partial charge in [0.15, 0.2) is 0 Å². The molecule has 0 fully saturated rings. The van der Waals surface area contributed by atoms with Crippen molar-refractivity contribution in [1.29, 1.82) is 0 Å². The van der Waals surface area contributed by atoms with Crippen LogP contribution in [0.15, 0.2) is 6.07 Å². The lowest BCUT2D eigenvalue weighted by atomic mass is 9.90. The van der Waals surface area contributed by atoms with Crippen LogP contribution in [-0.4, -0.2) is 34.9 Å². The summed E-state index contributed by atoms with van der Waals surface area (Å²) in [5, 5.41) is 21.3. The fourth-order valence-electron chi connectivity index (χ4n) is 2.23. The van der Waals surface area contributed by atoms with Crippen molar-refractivity contribution in [3.8, 4) is 0 Å². The van der Waals surface area contributed by atoms with Crippen LogP contribution in [0.1, 0.15) is 40.4 Å². The molecule has 0 saturated heterocycles. The van der Waals surface area contributed by atoms with Crippen molar-refractivity contribution in [2.75, 3.05) is 13.2 Å². The summed E-state index contributed by atoms with van der Waals surface area (Å²) in [5.41, 5.74) is 0.0314. The summed E-state index contributed by atoms with van der Waals surface area (Å²) in [7, 11) is 0. The van der Waals surface area contributed by atoms with Gasteiger partial charge in [-0.1, -0.05) is 6.92 Å². The van der Waals surface area contributed by atoms with Crippen LogP contribution in [0.3, 0.4) is 0 Å². The lowest BCUT2D eigenvalue weighted by Crippen LogP contribution is -2.43. The highest BCUT2D eigenvalue weighted by atomic mass is 32.1. The Morgan fingerprint density at radius 2 is 2.37 bits per heavy atom. The predicted molar refractivity (Wildman–Crippen MR) is 75.6 cm³/mol. The molecule has 5 heteroatoms. The van der Waals surface area contributed by atoms with Crippen molar-refractivity contribution in [3.05, 3.63) is 21.4 Å². The Labute approximate surface area is 117 Å². The van der Waals surface area contributed by atoms with E-state index in [1.165, 1.54) is 23.8 Å². The zero-order valence-electron chi connectivity index (χ0n) is 11.4. The minimum atomic E-state index is -1.26. The average Bonchev–Trinajstić information content (AvgIpc) is 2.79. The van der Waals surface area contributed by atoms with Crippen LogP contribution < -0.4 is 5.32 Å². The molecule has 0 aliphatic heterocycles. The van der Waals surface area contributed by atoms with Crippen molar-refractivity contribution < 1.29 is 15.0 Å². The maximum atomic E-state index is 12.0. The zero-order chi connectivity index (χ0) is 14.0. The van der Waals surface area contributed by atoms with Crippen LogP contribution in [-0.2, 0) is 12.8 Å². The third-order valence-electron chi connectivity index (χ3n) is 3.52. The number of carbonyl (C=O) groups excluding carboxylic acids is 1. The number of hydrogen-bond acceptors (Lipinski definition) is 4. The fourth-order valence-corrected chi connectivity index (χ4v) is 3.36. The van der Waals surface area contributed by atoms with E-state index in [-0.39, 0.29) is 19.1 Å². The molecule has 1 aromatic rings. The standard InChI is InChI=1S/C14H21NO3S/c1-9-3-4-11-10(5-9)6-12(19-11)13(17)15-7-14(2,18)8-16/h6,9,16,18H,3-5,7-8H2,1-2H3,(H,15,17)/t9-,14+/m1/s1. The lowest BCUT2D eigenvalue weighted by Gasteiger charge is -2.20. The maximum absolute atomic E-state index is 12.0. The van der Waals surface area contributed by atoms with Crippen LogP contribution in [0.25, 0.3) is 0 Å². The maximum Gasteiger partial charge on any atom is 0.261 e. The smallest absolute Gasteiger partial charge is 0.261 e. The van der Waals surface area contributed by atoms with Gasteiger partial charge in [-0.2, -0.15) is 0 Å². The molecule has 1 aliphatic carbocycles. The third kappa shape index (κ3) is 3.55. The second-order valence-electron chi connectivity index (χ2n) is 5.74. The highest BCUT2D eigenvalue weighted by Crippen LogP contribution is 2.32. The molecule has 19 heavy (non-hydrogen) atoms. The molecule has 0 spiro atoms. The van der Waals surface area contributed by atoms with E-state index in [1.807, 2.05) is 6.07 Å². The highest BCUT2D eigenvalue weighted by molar-refractivity contribution is 7.14. The van der Waals surface area contributed by atoms with Gasteiger partial charge in [-0.15, -0.1) is 11.3 Å². The molecule has 0 radical (unpaired) electrons. The predicted octanol–water partition coefficient (Wildman–Crippen LogP) is 1.35. The number of carbonyl (C=O) groups is 1. The number of aliphatic hydroxyl groups excluding tert-OH is 1. The van der Waals surface area contributed by atoms with E-state index in [0.717, 1.165) is 12.8 Å². The largest absolute Gasteiger partial charge is 0.393 e. The molecular formula is C14H21NO3S. The van der Waals surface area contributed by atoms with Gasteiger partial charge in [0.05, 0.1) is 11.5 Å². The quantitative estimate of drug-likeness (QED) is 0.781. The summed E-state index contributed by atoms with van der Waals surface area (Å²) in [6.07, 6.45) is 3.30. The minimum absolute atomic E-state index is 0.0568. The van der Waals surface area contributed by atoms with Gasteiger partial charge in [0, 0.05) is 11.4 Å². The van der Waals surface area contributed by atoms with Crippen LogP contribution in [0.2, 0.25) is 0 Å².